The third-order valence-electron chi connectivity index (χ3n) is 3.59. The first-order valence-electron chi connectivity index (χ1n) is 7.00. The molecule has 0 saturated carbocycles. The molecule has 25 heavy (non-hydrogen) atoms. The summed E-state index contributed by atoms with van der Waals surface area (Å²) < 4.78 is 46.1. The van der Waals surface area contributed by atoms with Gasteiger partial charge in [0, 0.05) is 22.2 Å². The first-order chi connectivity index (χ1) is 11.9. The quantitative estimate of drug-likeness (QED) is 0.766. The Kier molecular flexibility index (Phi) is 4.65. The lowest BCUT2D eigenvalue weighted by Crippen LogP contribution is -2.21. The molecule has 2 aromatic carbocycles. The summed E-state index contributed by atoms with van der Waals surface area (Å²) >= 11 is 5.92. The van der Waals surface area contributed by atoms with Crippen LogP contribution < -0.4 is 5.76 Å². The molecule has 0 bridgehead atoms. The van der Waals surface area contributed by atoms with Gasteiger partial charge in [-0.05, 0) is 18.2 Å². The van der Waals surface area contributed by atoms with E-state index in [2.05, 4.69) is 9.68 Å². The maximum atomic E-state index is 13.9. The average molecular weight is 371 g/mol. The summed E-state index contributed by atoms with van der Waals surface area (Å²) in [4.78, 5) is 11.8. The largest absolute Gasteiger partial charge is 0.441 e. The van der Waals surface area contributed by atoms with Crippen LogP contribution in [-0.4, -0.2) is 14.8 Å². The van der Waals surface area contributed by atoms with Gasteiger partial charge >= 0.3 is 5.76 Å². The van der Waals surface area contributed by atoms with E-state index >= 15 is 0 Å². The highest BCUT2D eigenvalue weighted by Crippen LogP contribution is 2.25. The van der Waals surface area contributed by atoms with Crippen LogP contribution in [0.5, 0.6) is 0 Å². The molecule has 130 valence electrons. The van der Waals surface area contributed by atoms with Crippen molar-refractivity contribution in [1.82, 2.24) is 9.72 Å². The highest BCUT2D eigenvalue weighted by molar-refractivity contribution is 6.31. The fraction of sp³-hybridized carbons (Fsp3) is 0.125. The van der Waals surface area contributed by atoms with Gasteiger partial charge in [0.2, 0.25) is 0 Å². The van der Waals surface area contributed by atoms with Gasteiger partial charge in [-0.3, -0.25) is 9.09 Å². The molecule has 1 N–H and O–H groups in total. The van der Waals surface area contributed by atoms with Crippen molar-refractivity contribution in [1.29, 1.82) is 0 Å². The summed E-state index contributed by atoms with van der Waals surface area (Å²) in [7, 11) is 0. The summed E-state index contributed by atoms with van der Waals surface area (Å²) in [5, 5.41) is 13.8. The second kappa shape index (κ2) is 6.73. The molecule has 0 aliphatic carbocycles. The molecule has 0 spiro atoms. The van der Waals surface area contributed by atoms with Gasteiger partial charge in [-0.1, -0.05) is 28.9 Å². The number of hydrogen-bond acceptors (Lipinski definition) is 4. The van der Waals surface area contributed by atoms with Crippen LogP contribution >= 0.6 is 11.6 Å². The number of aliphatic hydroxyl groups excluding tert-OH is 1. The van der Waals surface area contributed by atoms with Crippen molar-refractivity contribution in [2.45, 2.75) is 12.6 Å². The Labute approximate surface area is 143 Å². The molecule has 1 unspecified atom stereocenters. The molecular weight excluding hydrogens is 361 g/mol. The maximum Gasteiger partial charge on any atom is 0.441 e. The molecule has 1 heterocycles. The van der Waals surface area contributed by atoms with Crippen molar-refractivity contribution >= 4 is 11.6 Å². The fourth-order valence-corrected chi connectivity index (χ4v) is 2.55. The lowest BCUT2D eigenvalue weighted by molar-refractivity contribution is 0.195. The van der Waals surface area contributed by atoms with Crippen LogP contribution in [0.2, 0.25) is 5.02 Å². The number of aliphatic hydroxyl groups is 1. The van der Waals surface area contributed by atoms with E-state index in [1.54, 1.807) is 0 Å². The Morgan fingerprint density at radius 3 is 2.64 bits per heavy atom. The lowest BCUT2D eigenvalue weighted by Gasteiger charge is -2.13. The first-order valence-corrected chi connectivity index (χ1v) is 7.38. The van der Waals surface area contributed by atoms with E-state index in [0.717, 1.165) is 22.8 Å². The van der Waals surface area contributed by atoms with Crippen molar-refractivity contribution in [3.05, 3.63) is 86.4 Å². The van der Waals surface area contributed by atoms with Crippen LogP contribution in [0.25, 0.3) is 0 Å². The van der Waals surface area contributed by atoms with Gasteiger partial charge in [0.05, 0.1) is 6.54 Å². The van der Waals surface area contributed by atoms with Crippen molar-refractivity contribution in [3.8, 4) is 0 Å². The molecule has 0 fully saturated rings. The van der Waals surface area contributed by atoms with E-state index in [1.165, 1.54) is 12.1 Å². The standard InChI is InChI=1S/C16H10ClF3N2O3/c17-11-2-1-3-12(19)10(11)7-22-15(21-25-16(22)24)14(23)9-5-4-8(18)6-13(9)20/h1-6,14,23H,7H2. The summed E-state index contributed by atoms with van der Waals surface area (Å²) in [6, 6.07) is 6.49. The minimum atomic E-state index is -1.72. The van der Waals surface area contributed by atoms with Crippen molar-refractivity contribution in [2.75, 3.05) is 0 Å². The van der Waals surface area contributed by atoms with Crippen molar-refractivity contribution in [2.24, 2.45) is 0 Å². The Morgan fingerprint density at radius 1 is 1.20 bits per heavy atom. The smallest absolute Gasteiger partial charge is 0.380 e. The monoisotopic (exact) mass is 370 g/mol. The number of aromatic nitrogens is 2. The molecule has 9 heteroatoms. The molecule has 3 aromatic rings. The van der Waals surface area contributed by atoms with Crippen LogP contribution in [0.3, 0.4) is 0 Å². The third kappa shape index (κ3) is 3.31. The van der Waals surface area contributed by atoms with Gasteiger partial charge in [0.1, 0.15) is 23.6 Å². The predicted molar refractivity (Wildman–Crippen MR) is 81.7 cm³/mol. The van der Waals surface area contributed by atoms with Crippen LogP contribution in [0.4, 0.5) is 13.2 Å². The number of benzene rings is 2. The summed E-state index contributed by atoms with van der Waals surface area (Å²) in [5.41, 5.74) is -0.342. The molecule has 5 nitrogen and oxygen atoms in total. The summed E-state index contributed by atoms with van der Waals surface area (Å²) in [6.07, 6.45) is -1.72. The van der Waals surface area contributed by atoms with E-state index in [4.69, 9.17) is 11.6 Å². The summed E-state index contributed by atoms with van der Waals surface area (Å²) in [6.45, 7) is -0.386. The Hall–Kier alpha value is -2.58. The van der Waals surface area contributed by atoms with Gasteiger partial charge in [-0.25, -0.2) is 18.0 Å². The molecule has 1 aromatic heterocycles. The van der Waals surface area contributed by atoms with E-state index in [0.29, 0.717) is 6.07 Å². The minimum absolute atomic E-state index is 0.0255. The van der Waals surface area contributed by atoms with E-state index in [1.807, 2.05) is 0 Å². The zero-order valence-electron chi connectivity index (χ0n) is 12.4. The molecule has 0 aliphatic heterocycles. The van der Waals surface area contributed by atoms with Crippen LogP contribution in [-0.2, 0) is 6.54 Å². The zero-order chi connectivity index (χ0) is 18.1. The molecule has 0 saturated heterocycles. The van der Waals surface area contributed by atoms with Crippen molar-refractivity contribution in [3.63, 3.8) is 0 Å². The molecular formula is C16H10ClF3N2O3. The van der Waals surface area contributed by atoms with Crippen LogP contribution in [0, 0.1) is 17.5 Å². The highest BCUT2D eigenvalue weighted by atomic mass is 35.5. The highest BCUT2D eigenvalue weighted by Gasteiger charge is 2.25. The predicted octanol–water partition coefficient (Wildman–Crippen LogP) is 3.04. The Bertz CT molecular complexity index is 967. The molecule has 0 amide bonds. The molecule has 3 rings (SSSR count). The Morgan fingerprint density at radius 2 is 1.96 bits per heavy atom. The lowest BCUT2D eigenvalue weighted by atomic mass is 10.1. The number of nitrogens with zero attached hydrogens (tertiary/aromatic N) is 2. The molecule has 0 aliphatic rings. The van der Waals surface area contributed by atoms with Crippen LogP contribution in [0.1, 0.15) is 23.1 Å². The normalized spacial score (nSPS) is 12.4. The molecule has 1 atom stereocenters. The second-order valence-electron chi connectivity index (χ2n) is 5.16. The minimum Gasteiger partial charge on any atom is -0.380 e. The number of rotatable bonds is 4. The van der Waals surface area contributed by atoms with Gasteiger partial charge in [-0.2, -0.15) is 0 Å². The Balaban J connectivity index is 2.04. The van der Waals surface area contributed by atoms with E-state index in [-0.39, 0.29) is 28.5 Å². The van der Waals surface area contributed by atoms with Gasteiger partial charge in [-0.15, -0.1) is 0 Å². The van der Waals surface area contributed by atoms with E-state index < -0.39 is 29.3 Å². The van der Waals surface area contributed by atoms with E-state index in [9.17, 15) is 23.1 Å². The van der Waals surface area contributed by atoms with Crippen LogP contribution in [0.15, 0.2) is 45.7 Å². The third-order valence-corrected chi connectivity index (χ3v) is 3.95. The fourth-order valence-electron chi connectivity index (χ4n) is 2.32. The van der Waals surface area contributed by atoms with Gasteiger partial charge < -0.3 is 5.11 Å². The number of halogens is 4. The zero-order valence-corrected chi connectivity index (χ0v) is 13.2. The maximum absolute atomic E-state index is 13.9. The van der Waals surface area contributed by atoms with Gasteiger partial charge in [0.15, 0.2) is 5.82 Å². The molecule has 0 radical (unpaired) electrons. The van der Waals surface area contributed by atoms with Crippen molar-refractivity contribution < 1.29 is 22.8 Å². The number of hydrogen-bond donors (Lipinski definition) is 1. The van der Waals surface area contributed by atoms with Gasteiger partial charge in [0.25, 0.3) is 0 Å². The first kappa shape index (κ1) is 17.2. The average Bonchev–Trinajstić information content (AvgIpc) is 2.91. The summed E-state index contributed by atoms with van der Waals surface area (Å²) in [5.74, 6) is -3.89. The topological polar surface area (TPSA) is 68.3 Å². The second-order valence-corrected chi connectivity index (χ2v) is 5.57. The SMILES string of the molecule is O=c1onc(C(O)c2ccc(F)cc2F)n1Cc1c(F)cccc1Cl.